The van der Waals surface area contributed by atoms with Gasteiger partial charge < -0.3 is 9.47 Å². The second-order valence-corrected chi connectivity index (χ2v) is 4.57. The molecule has 3 heteroatoms. The molecule has 3 rings (SSSR count). The Bertz CT molecular complexity index is 765. The van der Waals surface area contributed by atoms with E-state index in [-0.39, 0.29) is 0 Å². The molecule has 0 unspecified atom stereocenters. The molecule has 19 heavy (non-hydrogen) atoms. The number of methoxy groups -OCH3 is 2. The zero-order valence-corrected chi connectivity index (χ0v) is 11.2. The van der Waals surface area contributed by atoms with Crippen LogP contribution in [0, 0.1) is 6.92 Å². The van der Waals surface area contributed by atoms with Crippen LogP contribution in [0.15, 0.2) is 36.5 Å². The lowest BCUT2D eigenvalue weighted by Gasteiger charge is -2.10. The minimum atomic E-state index is 0.725. The standard InChI is InChI=1S/C16H15NO2/c1-10-4-5-12-13-8-16(19-3)15(18-2)7-11(13)9-17-14(12)6-10/h4-9H,1-3H3. The first-order chi connectivity index (χ1) is 9.22. The third kappa shape index (κ3) is 1.87. The molecule has 0 saturated carbocycles. The minimum absolute atomic E-state index is 0.725. The quantitative estimate of drug-likeness (QED) is 0.652. The van der Waals surface area contributed by atoms with Crippen LogP contribution < -0.4 is 9.47 Å². The fourth-order valence-electron chi connectivity index (χ4n) is 2.35. The van der Waals surface area contributed by atoms with Gasteiger partial charge >= 0.3 is 0 Å². The maximum absolute atomic E-state index is 5.37. The number of aromatic nitrogens is 1. The molecule has 0 radical (unpaired) electrons. The smallest absolute Gasteiger partial charge is 0.161 e. The predicted molar refractivity (Wildman–Crippen MR) is 77.1 cm³/mol. The summed E-state index contributed by atoms with van der Waals surface area (Å²) in [5.41, 5.74) is 2.21. The van der Waals surface area contributed by atoms with Gasteiger partial charge in [0.05, 0.1) is 19.7 Å². The SMILES string of the molecule is COc1cc2cnc3cc(C)ccc3c2cc1OC. The van der Waals surface area contributed by atoms with Gasteiger partial charge in [0.15, 0.2) is 11.5 Å². The molecular weight excluding hydrogens is 238 g/mol. The molecule has 1 aromatic heterocycles. The molecule has 0 spiro atoms. The highest BCUT2D eigenvalue weighted by Crippen LogP contribution is 2.34. The van der Waals surface area contributed by atoms with E-state index in [1.165, 1.54) is 5.56 Å². The van der Waals surface area contributed by atoms with Crippen molar-refractivity contribution in [2.45, 2.75) is 6.92 Å². The fraction of sp³-hybridized carbons (Fsp3) is 0.188. The molecule has 0 amide bonds. The van der Waals surface area contributed by atoms with Crippen LogP contribution >= 0.6 is 0 Å². The number of benzene rings is 2. The lowest BCUT2D eigenvalue weighted by atomic mass is 10.0. The average Bonchev–Trinajstić information content (AvgIpc) is 2.45. The van der Waals surface area contributed by atoms with Gasteiger partial charge in [-0.1, -0.05) is 12.1 Å². The lowest BCUT2D eigenvalue weighted by Crippen LogP contribution is -1.91. The van der Waals surface area contributed by atoms with Crippen LogP contribution in [0.25, 0.3) is 21.7 Å². The molecule has 0 aliphatic rings. The largest absolute Gasteiger partial charge is 0.493 e. The van der Waals surface area contributed by atoms with Gasteiger partial charge in [-0.15, -0.1) is 0 Å². The molecule has 0 fully saturated rings. The van der Waals surface area contributed by atoms with Crippen LogP contribution in [0.1, 0.15) is 5.56 Å². The second kappa shape index (κ2) is 4.43. The highest BCUT2D eigenvalue weighted by molar-refractivity contribution is 6.06. The van der Waals surface area contributed by atoms with Crippen LogP contribution in [0.4, 0.5) is 0 Å². The van der Waals surface area contributed by atoms with Gasteiger partial charge in [0.25, 0.3) is 0 Å². The van der Waals surface area contributed by atoms with E-state index in [0.717, 1.165) is 33.2 Å². The summed E-state index contributed by atoms with van der Waals surface area (Å²) in [5.74, 6) is 1.46. The maximum atomic E-state index is 5.37. The second-order valence-electron chi connectivity index (χ2n) is 4.57. The molecule has 0 atom stereocenters. The van der Waals surface area contributed by atoms with Crippen molar-refractivity contribution in [1.82, 2.24) is 4.98 Å². The fourth-order valence-corrected chi connectivity index (χ4v) is 2.35. The Morgan fingerprint density at radius 1 is 0.895 bits per heavy atom. The summed E-state index contributed by atoms with van der Waals surface area (Å²) in [6.07, 6.45) is 1.87. The third-order valence-electron chi connectivity index (χ3n) is 3.34. The van der Waals surface area contributed by atoms with Crippen molar-refractivity contribution < 1.29 is 9.47 Å². The van der Waals surface area contributed by atoms with Crippen LogP contribution in [0.2, 0.25) is 0 Å². The monoisotopic (exact) mass is 253 g/mol. The summed E-state index contributed by atoms with van der Waals surface area (Å²) in [6, 6.07) is 10.3. The highest BCUT2D eigenvalue weighted by Gasteiger charge is 2.09. The van der Waals surface area contributed by atoms with Gasteiger partial charge in [0.1, 0.15) is 0 Å². The zero-order valence-electron chi connectivity index (χ0n) is 11.2. The molecule has 1 heterocycles. The van der Waals surface area contributed by atoms with Crippen molar-refractivity contribution >= 4 is 21.7 Å². The van der Waals surface area contributed by atoms with Crippen LogP contribution in [-0.4, -0.2) is 19.2 Å². The lowest BCUT2D eigenvalue weighted by molar-refractivity contribution is 0.356. The van der Waals surface area contributed by atoms with Crippen LogP contribution in [-0.2, 0) is 0 Å². The number of hydrogen-bond acceptors (Lipinski definition) is 3. The molecule has 0 bridgehead atoms. The van der Waals surface area contributed by atoms with Gasteiger partial charge in [0, 0.05) is 17.0 Å². The summed E-state index contributed by atoms with van der Waals surface area (Å²) < 4.78 is 10.7. The van der Waals surface area contributed by atoms with Crippen molar-refractivity contribution in [2.75, 3.05) is 14.2 Å². The highest BCUT2D eigenvalue weighted by atomic mass is 16.5. The van der Waals surface area contributed by atoms with E-state index in [0.29, 0.717) is 0 Å². The molecule has 0 saturated heterocycles. The number of nitrogens with zero attached hydrogens (tertiary/aromatic N) is 1. The van der Waals surface area contributed by atoms with E-state index in [9.17, 15) is 0 Å². The molecular formula is C16H15NO2. The van der Waals surface area contributed by atoms with Gasteiger partial charge in [0.2, 0.25) is 0 Å². The summed E-state index contributed by atoms with van der Waals surface area (Å²) in [5, 5.41) is 3.31. The third-order valence-corrected chi connectivity index (χ3v) is 3.34. The first-order valence-electron chi connectivity index (χ1n) is 6.14. The Balaban J connectivity index is 2.41. The summed E-state index contributed by atoms with van der Waals surface area (Å²) in [6.45, 7) is 2.07. The Labute approximate surface area is 111 Å². The van der Waals surface area contributed by atoms with Crippen LogP contribution in [0.3, 0.4) is 0 Å². The summed E-state index contributed by atoms with van der Waals surface area (Å²) >= 11 is 0. The van der Waals surface area contributed by atoms with E-state index in [1.807, 2.05) is 18.3 Å². The summed E-state index contributed by atoms with van der Waals surface area (Å²) in [7, 11) is 3.29. The number of fused-ring (bicyclic) bond motifs is 3. The van der Waals surface area contributed by atoms with Crippen molar-refractivity contribution in [1.29, 1.82) is 0 Å². The van der Waals surface area contributed by atoms with E-state index in [2.05, 4.69) is 30.1 Å². The van der Waals surface area contributed by atoms with Gasteiger partial charge in [-0.3, -0.25) is 4.98 Å². The number of hydrogen-bond donors (Lipinski definition) is 0. The van der Waals surface area contributed by atoms with E-state index in [1.54, 1.807) is 14.2 Å². The Hall–Kier alpha value is -2.29. The molecule has 0 aliphatic carbocycles. The molecule has 96 valence electrons. The molecule has 3 nitrogen and oxygen atoms in total. The summed E-state index contributed by atoms with van der Waals surface area (Å²) in [4.78, 5) is 4.50. The normalized spacial score (nSPS) is 10.9. The maximum Gasteiger partial charge on any atom is 0.161 e. The van der Waals surface area contributed by atoms with E-state index in [4.69, 9.17) is 9.47 Å². The molecule has 2 aromatic carbocycles. The van der Waals surface area contributed by atoms with E-state index < -0.39 is 0 Å². The van der Waals surface area contributed by atoms with Gasteiger partial charge in [-0.25, -0.2) is 0 Å². The number of aryl methyl sites for hydroxylation is 1. The van der Waals surface area contributed by atoms with Gasteiger partial charge in [-0.2, -0.15) is 0 Å². The average molecular weight is 253 g/mol. The Morgan fingerprint density at radius 3 is 2.37 bits per heavy atom. The number of rotatable bonds is 2. The van der Waals surface area contributed by atoms with Crippen LogP contribution in [0.5, 0.6) is 11.5 Å². The minimum Gasteiger partial charge on any atom is -0.493 e. The first-order valence-corrected chi connectivity index (χ1v) is 6.14. The predicted octanol–water partition coefficient (Wildman–Crippen LogP) is 3.71. The van der Waals surface area contributed by atoms with Gasteiger partial charge in [-0.05, 0) is 36.1 Å². The van der Waals surface area contributed by atoms with Crippen molar-refractivity contribution in [3.63, 3.8) is 0 Å². The van der Waals surface area contributed by atoms with Crippen molar-refractivity contribution in [3.05, 3.63) is 42.1 Å². The van der Waals surface area contributed by atoms with Crippen molar-refractivity contribution in [3.8, 4) is 11.5 Å². The molecule has 0 N–H and O–H groups in total. The first kappa shape index (κ1) is 11.8. The Kier molecular flexibility index (Phi) is 2.75. The molecule has 3 aromatic rings. The molecule has 0 aliphatic heterocycles. The number of ether oxygens (including phenoxy) is 2. The van der Waals surface area contributed by atoms with Crippen molar-refractivity contribution in [2.24, 2.45) is 0 Å². The Morgan fingerprint density at radius 2 is 1.63 bits per heavy atom. The topological polar surface area (TPSA) is 31.4 Å². The number of pyridine rings is 1. The van der Waals surface area contributed by atoms with E-state index >= 15 is 0 Å². The zero-order chi connectivity index (χ0) is 13.4.